The molecule has 0 atom stereocenters. The topological polar surface area (TPSA) is 125 Å². The summed E-state index contributed by atoms with van der Waals surface area (Å²) in [7, 11) is 0. The van der Waals surface area contributed by atoms with Gasteiger partial charge < -0.3 is 15.9 Å². The van der Waals surface area contributed by atoms with Crippen molar-refractivity contribution in [2.24, 2.45) is 5.10 Å². The van der Waals surface area contributed by atoms with Crippen molar-refractivity contribution < 1.29 is 19.8 Å². The first-order valence-corrected chi connectivity index (χ1v) is 9.93. The van der Waals surface area contributed by atoms with Gasteiger partial charge in [-0.05, 0) is 55.7 Å². The molecule has 0 saturated heterocycles. The predicted molar refractivity (Wildman–Crippen MR) is 118 cm³/mol. The molecule has 0 unspecified atom stereocenters. The molecule has 7 nitrogen and oxygen atoms in total. The largest absolute Gasteiger partial charge is 0.506 e. The Balaban J connectivity index is 1.81. The summed E-state index contributed by atoms with van der Waals surface area (Å²) >= 11 is 1.39. The number of rotatable bonds is 5. The Labute approximate surface area is 177 Å². The van der Waals surface area contributed by atoms with Gasteiger partial charge in [-0.25, -0.2) is 10.2 Å². The minimum Gasteiger partial charge on any atom is -0.506 e. The lowest BCUT2D eigenvalue weighted by molar-refractivity contribution is 0.0696. The number of nitrogens with zero attached hydrogens (tertiary/aromatic N) is 1. The van der Waals surface area contributed by atoms with E-state index in [0.29, 0.717) is 11.3 Å². The predicted octanol–water partition coefficient (Wildman–Crippen LogP) is 4.17. The van der Waals surface area contributed by atoms with Crippen LogP contribution in [0.15, 0.2) is 46.9 Å². The number of hydrazone groups is 1. The number of aryl methyl sites for hydroxylation is 2. The number of anilines is 1. The number of aromatic hydroxyl groups is 1. The molecule has 0 bridgehead atoms. The van der Waals surface area contributed by atoms with E-state index in [9.17, 15) is 14.7 Å². The van der Waals surface area contributed by atoms with Gasteiger partial charge in [0.1, 0.15) is 5.75 Å². The Morgan fingerprint density at radius 2 is 1.80 bits per heavy atom. The fourth-order valence-electron chi connectivity index (χ4n) is 2.85. The lowest BCUT2D eigenvalue weighted by Crippen LogP contribution is -2.20. The first-order valence-electron chi connectivity index (χ1n) is 9.05. The zero-order chi connectivity index (χ0) is 22.0. The summed E-state index contributed by atoms with van der Waals surface area (Å²) in [5, 5.41) is 25.5. The molecule has 2 aromatic carbocycles. The van der Waals surface area contributed by atoms with E-state index in [1.54, 1.807) is 12.3 Å². The van der Waals surface area contributed by atoms with Gasteiger partial charge in [0.25, 0.3) is 5.91 Å². The minimum absolute atomic E-state index is 0.00852. The Morgan fingerprint density at radius 3 is 2.43 bits per heavy atom. The SMILES string of the molecule is C/C(=N\NC(=O)c1ccc(C(=O)O)cc1N)c1csc(-c2ccc(C)c(C)c2)c1O. The molecular formula is C22H21N3O4S. The smallest absolute Gasteiger partial charge is 0.335 e. The van der Waals surface area contributed by atoms with Crippen molar-refractivity contribution in [1.29, 1.82) is 0 Å². The van der Waals surface area contributed by atoms with Gasteiger partial charge in [-0.2, -0.15) is 5.10 Å². The number of carboxylic acid groups (broad SMARTS) is 1. The molecule has 0 saturated carbocycles. The van der Waals surface area contributed by atoms with Gasteiger partial charge >= 0.3 is 5.97 Å². The van der Waals surface area contributed by atoms with Crippen LogP contribution in [0.4, 0.5) is 5.69 Å². The maximum Gasteiger partial charge on any atom is 0.335 e. The number of thiophene rings is 1. The summed E-state index contributed by atoms with van der Waals surface area (Å²) in [4.78, 5) is 24.1. The molecule has 0 spiro atoms. The van der Waals surface area contributed by atoms with Gasteiger partial charge in [0, 0.05) is 11.1 Å². The quantitative estimate of drug-likeness (QED) is 0.278. The van der Waals surface area contributed by atoms with Crippen molar-refractivity contribution in [2.75, 3.05) is 5.73 Å². The van der Waals surface area contributed by atoms with Gasteiger partial charge in [0.05, 0.1) is 27.3 Å². The van der Waals surface area contributed by atoms with Crippen LogP contribution in [0.25, 0.3) is 10.4 Å². The second-order valence-corrected chi connectivity index (χ2v) is 7.75. The number of nitrogens with one attached hydrogen (secondary N) is 1. The highest BCUT2D eigenvalue weighted by atomic mass is 32.1. The zero-order valence-corrected chi connectivity index (χ0v) is 17.5. The Kier molecular flexibility index (Phi) is 5.89. The summed E-state index contributed by atoms with van der Waals surface area (Å²) < 4.78 is 0. The number of nitrogen functional groups attached to an aromatic ring is 1. The second-order valence-electron chi connectivity index (χ2n) is 6.87. The van der Waals surface area contributed by atoms with E-state index in [1.165, 1.54) is 35.1 Å². The van der Waals surface area contributed by atoms with E-state index < -0.39 is 11.9 Å². The van der Waals surface area contributed by atoms with Crippen LogP contribution in [0.2, 0.25) is 0 Å². The van der Waals surface area contributed by atoms with Crippen LogP contribution in [0, 0.1) is 13.8 Å². The third-order valence-electron chi connectivity index (χ3n) is 4.79. The first-order chi connectivity index (χ1) is 14.2. The fourth-order valence-corrected chi connectivity index (χ4v) is 3.86. The highest BCUT2D eigenvalue weighted by molar-refractivity contribution is 7.14. The van der Waals surface area contributed by atoms with Crippen molar-refractivity contribution in [1.82, 2.24) is 5.43 Å². The standard InChI is InChI=1S/C22H21N3O4S/c1-11-4-5-14(8-12(11)2)20-19(26)17(10-30-20)13(3)24-25-21(27)16-7-6-15(22(28)29)9-18(16)23/h4-10,26H,23H2,1-3H3,(H,25,27)(H,28,29)/b24-13+. The minimum atomic E-state index is -1.13. The molecule has 154 valence electrons. The highest BCUT2D eigenvalue weighted by Crippen LogP contribution is 2.39. The van der Waals surface area contributed by atoms with Gasteiger partial charge in [-0.3, -0.25) is 4.79 Å². The molecule has 0 radical (unpaired) electrons. The number of hydrogen-bond acceptors (Lipinski definition) is 6. The van der Waals surface area contributed by atoms with Crippen molar-refractivity contribution in [3.63, 3.8) is 0 Å². The van der Waals surface area contributed by atoms with Crippen LogP contribution in [-0.2, 0) is 0 Å². The molecule has 0 fully saturated rings. The van der Waals surface area contributed by atoms with E-state index in [2.05, 4.69) is 10.5 Å². The maximum atomic E-state index is 12.4. The monoisotopic (exact) mass is 423 g/mol. The number of hydrogen-bond donors (Lipinski definition) is 4. The van der Waals surface area contributed by atoms with E-state index in [1.807, 2.05) is 32.0 Å². The molecule has 0 aliphatic rings. The average Bonchev–Trinajstić information content (AvgIpc) is 3.09. The van der Waals surface area contributed by atoms with Crippen LogP contribution in [-0.4, -0.2) is 27.8 Å². The van der Waals surface area contributed by atoms with Crippen LogP contribution in [0.3, 0.4) is 0 Å². The van der Waals surface area contributed by atoms with Gasteiger partial charge in [-0.1, -0.05) is 18.2 Å². The van der Waals surface area contributed by atoms with Gasteiger partial charge in [0.2, 0.25) is 0 Å². The summed E-state index contributed by atoms with van der Waals surface area (Å²) in [6.07, 6.45) is 0. The lowest BCUT2D eigenvalue weighted by atomic mass is 10.0. The summed E-state index contributed by atoms with van der Waals surface area (Å²) in [6.45, 7) is 5.71. The fraction of sp³-hybridized carbons (Fsp3) is 0.136. The van der Waals surface area contributed by atoms with Gasteiger partial charge in [0.15, 0.2) is 0 Å². The van der Waals surface area contributed by atoms with E-state index in [4.69, 9.17) is 10.8 Å². The molecule has 8 heteroatoms. The van der Waals surface area contributed by atoms with Crippen molar-refractivity contribution in [2.45, 2.75) is 20.8 Å². The molecular weight excluding hydrogens is 402 g/mol. The Hall–Kier alpha value is -3.65. The summed E-state index contributed by atoms with van der Waals surface area (Å²) in [6, 6.07) is 9.82. The number of carboxylic acids is 1. The number of carbonyl (C=O) groups is 2. The Bertz CT molecular complexity index is 1180. The zero-order valence-electron chi connectivity index (χ0n) is 16.7. The molecule has 0 aliphatic carbocycles. The van der Waals surface area contributed by atoms with Crippen molar-refractivity contribution >= 4 is 34.6 Å². The van der Waals surface area contributed by atoms with Crippen LogP contribution >= 0.6 is 11.3 Å². The third-order valence-corrected chi connectivity index (χ3v) is 5.81. The van der Waals surface area contributed by atoms with Gasteiger partial charge in [-0.15, -0.1) is 11.3 Å². The second kappa shape index (κ2) is 8.38. The Morgan fingerprint density at radius 1 is 1.07 bits per heavy atom. The number of aromatic carboxylic acids is 1. The normalized spacial score (nSPS) is 11.4. The molecule has 5 N–H and O–H groups in total. The maximum absolute atomic E-state index is 12.4. The number of amides is 1. The average molecular weight is 423 g/mol. The molecule has 0 aliphatic heterocycles. The van der Waals surface area contributed by atoms with Crippen molar-refractivity contribution in [3.05, 3.63) is 69.6 Å². The molecule has 30 heavy (non-hydrogen) atoms. The molecule has 1 heterocycles. The third kappa shape index (κ3) is 4.18. The highest BCUT2D eigenvalue weighted by Gasteiger charge is 2.16. The number of benzene rings is 2. The van der Waals surface area contributed by atoms with E-state index >= 15 is 0 Å². The van der Waals surface area contributed by atoms with E-state index in [0.717, 1.165) is 16.0 Å². The number of carbonyl (C=O) groups excluding carboxylic acids is 1. The molecule has 3 aromatic rings. The van der Waals surface area contributed by atoms with Crippen LogP contribution in [0.1, 0.15) is 44.3 Å². The molecule has 1 aromatic heterocycles. The van der Waals surface area contributed by atoms with E-state index in [-0.39, 0.29) is 22.6 Å². The summed E-state index contributed by atoms with van der Waals surface area (Å²) in [5.74, 6) is -1.60. The number of nitrogens with two attached hydrogens (primary N) is 1. The summed E-state index contributed by atoms with van der Waals surface area (Å²) in [5.41, 5.74) is 12.5. The van der Waals surface area contributed by atoms with Crippen molar-refractivity contribution in [3.8, 4) is 16.2 Å². The lowest BCUT2D eigenvalue weighted by Gasteiger charge is -2.07. The first kappa shape index (κ1) is 21.1. The van der Waals surface area contributed by atoms with Crippen LogP contribution < -0.4 is 11.2 Å². The van der Waals surface area contributed by atoms with Crippen LogP contribution in [0.5, 0.6) is 5.75 Å². The molecule has 3 rings (SSSR count). The molecule has 1 amide bonds.